The van der Waals surface area contributed by atoms with Crippen LogP contribution in [0.2, 0.25) is 0 Å². The number of ketones is 1. The Morgan fingerprint density at radius 2 is 1.91 bits per heavy atom. The normalized spacial score (nSPS) is 14.7. The van der Waals surface area contributed by atoms with Crippen LogP contribution in [-0.4, -0.2) is 27.6 Å². The Balaban J connectivity index is 1.48. The molecule has 0 spiro atoms. The summed E-state index contributed by atoms with van der Waals surface area (Å²) in [5, 5.41) is 8.00. The van der Waals surface area contributed by atoms with Gasteiger partial charge in [0.2, 0.25) is 5.91 Å². The number of Topliss-reactive ketones (excluding diaryl/α,β-unsaturated/α-hetero) is 1. The predicted octanol–water partition coefficient (Wildman–Crippen LogP) is 4.49. The summed E-state index contributed by atoms with van der Waals surface area (Å²) in [5.74, 6) is -0.281. The third-order valence-corrected chi connectivity index (χ3v) is 6.40. The first-order chi connectivity index (χ1) is 15.1. The fraction of sp³-hybridized carbons (Fsp3) is 0.333. The smallest absolute Gasteiger partial charge is 0.274 e. The van der Waals surface area contributed by atoms with Crippen LogP contribution in [0.5, 0.6) is 0 Å². The first kappa shape index (κ1) is 22.0. The molecule has 0 radical (unpaired) electrons. The minimum Gasteiger partial charge on any atom is -0.354 e. The molecule has 0 saturated carbocycles. The number of amides is 2. The maximum absolute atomic E-state index is 12.9. The number of fused-ring (bicyclic) bond motifs is 1. The van der Waals surface area contributed by atoms with Gasteiger partial charge in [0.15, 0.2) is 10.9 Å². The lowest BCUT2D eigenvalue weighted by Gasteiger charge is -2.28. The van der Waals surface area contributed by atoms with Gasteiger partial charge in [0.05, 0.1) is 5.69 Å². The second-order valence-electron chi connectivity index (χ2n) is 9.02. The number of benzene rings is 1. The van der Waals surface area contributed by atoms with Gasteiger partial charge in [-0.05, 0) is 29.9 Å². The number of carbonyl (C=O) groups excluding carboxylic acids is 3. The van der Waals surface area contributed by atoms with Crippen LogP contribution < -0.4 is 10.6 Å². The molecule has 4 rings (SSSR count). The molecule has 2 amide bonds. The number of hydrogen-bond donors (Lipinski definition) is 3. The lowest BCUT2D eigenvalue weighted by Crippen LogP contribution is -2.26. The van der Waals surface area contributed by atoms with E-state index in [1.54, 1.807) is 0 Å². The number of aromatic amines is 1. The maximum Gasteiger partial charge on any atom is 0.274 e. The van der Waals surface area contributed by atoms with Crippen molar-refractivity contribution in [1.29, 1.82) is 0 Å². The highest BCUT2D eigenvalue weighted by Crippen LogP contribution is 2.37. The molecular weight excluding hydrogens is 424 g/mol. The number of nitrogens with one attached hydrogen (secondary N) is 3. The molecule has 32 heavy (non-hydrogen) atoms. The van der Waals surface area contributed by atoms with E-state index in [4.69, 9.17) is 0 Å². The van der Waals surface area contributed by atoms with Crippen molar-refractivity contribution >= 4 is 34.1 Å². The predicted molar refractivity (Wildman–Crippen MR) is 125 cm³/mol. The van der Waals surface area contributed by atoms with Crippen LogP contribution in [0, 0.1) is 12.3 Å². The summed E-state index contributed by atoms with van der Waals surface area (Å²) in [5.41, 5.74) is 5.18. The number of rotatable bonds is 5. The molecule has 7 nitrogen and oxygen atoms in total. The van der Waals surface area contributed by atoms with Crippen molar-refractivity contribution in [3.8, 4) is 11.3 Å². The number of nitrogens with zero attached hydrogens (tertiary/aromatic N) is 1. The maximum atomic E-state index is 12.9. The molecule has 0 unspecified atom stereocenters. The van der Waals surface area contributed by atoms with E-state index in [1.165, 1.54) is 18.3 Å². The molecule has 2 aromatic heterocycles. The highest BCUT2D eigenvalue weighted by atomic mass is 32.1. The van der Waals surface area contributed by atoms with Crippen molar-refractivity contribution in [2.45, 2.75) is 47.1 Å². The summed E-state index contributed by atoms with van der Waals surface area (Å²) in [4.78, 5) is 44.3. The third kappa shape index (κ3) is 4.50. The highest BCUT2D eigenvalue weighted by molar-refractivity contribution is 7.14. The molecule has 166 valence electrons. The van der Waals surface area contributed by atoms with Crippen LogP contribution in [0.15, 0.2) is 29.6 Å². The van der Waals surface area contributed by atoms with Gasteiger partial charge in [0.1, 0.15) is 5.69 Å². The van der Waals surface area contributed by atoms with Gasteiger partial charge in [-0.15, -0.1) is 11.3 Å². The molecule has 0 saturated heterocycles. The van der Waals surface area contributed by atoms with E-state index in [2.05, 4.69) is 34.4 Å². The molecule has 1 aliphatic carbocycles. The molecule has 0 bridgehead atoms. The first-order valence-corrected chi connectivity index (χ1v) is 11.4. The molecule has 0 aliphatic heterocycles. The number of hydrogen-bond acceptors (Lipinski definition) is 5. The van der Waals surface area contributed by atoms with Crippen molar-refractivity contribution in [3.05, 3.63) is 57.7 Å². The van der Waals surface area contributed by atoms with Crippen LogP contribution in [0.25, 0.3) is 11.3 Å². The minimum atomic E-state index is -0.297. The van der Waals surface area contributed by atoms with Crippen molar-refractivity contribution in [1.82, 2.24) is 15.3 Å². The second kappa shape index (κ2) is 8.35. The second-order valence-corrected chi connectivity index (χ2v) is 9.88. The van der Waals surface area contributed by atoms with E-state index >= 15 is 0 Å². The standard InChI is InChI=1S/C24H26N4O3S/c1-13-20-17(9-24(3,4)10-19(20)30)26-21(13)22(31)28-23-27-18(12-32-23)16-7-5-15(6-8-16)11-25-14(2)29/h5-8,12,26H,9-11H2,1-4H3,(H,25,29)(H,27,28,31). The summed E-state index contributed by atoms with van der Waals surface area (Å²) in [6, 6.07) is 7.76. The number of carbonyl (C=O) groups is 3. The monoisotopic (exact) mass is 450 g/mol. The third-order valence-electron chi connectivity index (χ3n) is 5.64. The van der Waals surface area contributed by atoms with E-state index < -0.39 is 0 Å². The number of thiazole rings is 1. The highest BCUT2D eigenvalue weighted by Gasteiger charge is 2.35. The van der Waals surface area contributed by atoms with Gasteiger partial charge in [0.25, 0.3) is 5.91 Å². The Bertz CT molecular complexity index is 1200. The summed E-state index contributed by atoms with van der Waals surface area (Å²) < 4.78 is 0. The molecule has 1 aromatic carbocycles. The van der Waals surface area contributed by atoms with Crippen LogP contribution >= 0.6 is 11.3 Å². The average Bonchev–Trinajstić information content (AvgIpc) is 3.30. The number of anilines is 1. The lowest BCUT2D eigenvalue weighted by molar-refractivity contribution is -0.119. The van der Waals surface area contributed by atoms with Gasteiger partial charge >= 0.3 is 0 Å². The Morgan fingerprint density at radius 3 is 2.59 bits per heavy atom. The SMILES string of the molecule is CC(=O)NCc1ccc(-c2csc(NC(=O)c3[nH]c4c(c3C)C(=O)CC(C)(C)C4)n2)cc1. The van der Waals surface area contributed by atoms with E-state index in [1.807, 2.05) is 36.6 Å². The first-order valence-electron chi connectivity index (χ1n) is 10.5. The van der Waals surface area contributed by atoms with Gasteiger partial charge in [-0.2, -0.15) is 0 Å². The molecule has 8 heteroatoms. The van der Waals surface area contributed by atoms with Gasteiger partial charge in [-0.3, -0.25) is 19.7 Å². The zero-order chi connectivity index (χ0) is 23.0. The average molecular weight is 451 g/mol. The van der Waals surface area contributed by atoms with Crippen LogP contribution in [0.3, 0.4) is 0 Å². The molecular formula is C24H26N4O3S. The molecule has 3 N–H and O–H groups in total. The largest absolute Gasteiger partial charge is 0.354 e. The van der Waals surface area contributed by atoms with Crippen molar-refractivity contribution in [3.63, 3.8) is 0 Å². The topological polar surface area (TPSA) is 104 Å². The Labute approximate surface area is 190 Å². The zero-order valence-corrected chi connectivity index (χ0v) is 19.4. The molecule has 0 atom stereocenters. The number of H-pyrrole nitrogens is 1. The van der Waals surface area contributed by atoms with Crippen LogP contribution in [-0.2, 0) is 17.8 Å². The van der Waals surface area contributed by atoms with Crippen LogP contribution in [0.1, 0.15) is 64.9 Å². The van der Waals surface area contributed by atoms with Crippen molar-refractivity contribution < 1.29 is 14.4 Å². The van der Waals surface area contributed by atoms with Gasteiger partial charge < -0.3 is 10.3 Å². The molecule has 2 heterocycles. The van der Waals surface area contributed by atoms with Crippen molar-refractivity contribution in [2.24, 2.45) is 5.41 Å². The van der Waals surface area contributed by atoms with Gasteiger partial charge in [0, 0.05) is 42.1 Å². The van der Waals surface area contributed by atoms with Crippen LogP contribution in [0.4, 0.5) is 5.13 Å². The summed E-state index contributed by atoms with van der Waals surface area (Å²) >= 11 is 1.35. The van der Waals surface area contributed by atoms with E-state index in [9.17, 15) is 14.4 Å². The van der Waals surface area contributed by atoms with E-state index in [0.717, 1.165) is 28.9 Å². The molecule has 0 fully saturated rings. The number of aromatic nitrogens is 2. The van der Waals surface area contributed by atoms with E-state index in [0.29, 0.717) is 34.9 Å². The molecule has 1 aliphatic rings. The zero-order valence-electron chi connectivity index (χ0n) is 18.6. The Hall–Kier alpha value is -3.26. The minimum absolute atomic E-state index is 0.0693. The fourth-order valence-corrected chi connectivity index (χ4v) is 4.82. The van der Waals surface area contributed by atoms with E-state index in [-0.39, 0.29) is 23.0 Å². The van der Waals surface area contributed by atoms with Gasteiger partial charge in [-0.25, -0.2) is 4.98 Å². The molecule has 3 aromatic rings. The summed E-state index contributed by atoms with van der Waals surface area (Å²) in [7, 11) is 0. The van der Waals surface area contributed by atoms with Gasteiger partial charge in [-0.1, -0.05) is 38.1 Å². The summed E-state index contributed by atoms with van der Waals surface area (Å²) in [6.45, 7) is 7.91. The quantitative estimate of drug-likeness (QED) is 0.533. The summed E-state index contributed by atoms with van der Waals surface area (Å²) in [6.07, 6.45) is 1.22. The van der Waals surface area contributed by atoms with Crippen molar-refractivity contribution in [2.75, 3.05) is 5.32 Å². The Kier molecular flexibility index (Phi) is 5.73. The Morgan fingerprint density at radius 1 is 1.19 bits per heavy atom. The lowest BCUT2D eigenvalue weighted by atomic mass is 9.75. The fourth-order valence-electron chi connectivity index (χ4n) is 4.10.